The summed E-state index contributed by atoms with van der Waals surface area (Å²) in [6, 6.07) is 12.0. The number of methoxy groups -OCH3 is 1. The van der Waals surface area contributed by atoms with E-state index >= 15 is 0 Å². The second-order valence-electron chi connectivity index (χ2n) is 6.55. The molecule has 2 aliphatic heterocycles. The molecule has 2 aromatic rings. The number of ether oxygens (including phenoxy) is 3. The van der Waals surface area contributed by atoms with Crippen molar-refractivity contribution in [2.75, 3.05) is 43.0 Å². The van der Waals surface area contributed by atoms with Gasteiger partial charge in [0.25, 0.3) is 10.0 Å². The van der Waals surface area contributed by atoms with Gasteiger partial charge in [0, 0.05) is 37.6 Å². The largest absolute Gasteiger partial charge is 0.486 e. The molecule has 4 rings (SSSR count). The number of benzene rings is 2. The third kappa shape index (κ3) is 3.81. The second kappa shape index (κ2) is 7.28. The molecule has 1 unspecified atom stereocenters. The fourth-order valence-corrected chi connectivity index (χ4v) is 4.37. The monoisotopic (exact) mass is 390 g/mol. The Balaban J connectivity index is 1.48. The van der Waals surface area contributed by atoms with E-state index in [-0.39, 0.29) is 11.0 Å². The molecule has 2 aliphatic rings. The summed E-state index contributed by atoms with van der Waals surface area (Å²) >= 11 is 0. The van der Waals surface area contributed by atoms with Gasteiger partial charge in [0.05, 0.1) is 11.0 Å². The lowest BCUT2D eigenvalue weighted by molar-refractivity contribution is 0.121. The second-order valence-corrected chi connectivity index (χ2v) is 8.23. The van der Waals surface area contributed by atoms with E-state index in [1.54, 1.807) is 25.3 Å². The predicted molar refractivity (Wildman–Crippen MR) is 102 cm³/mol. The van der Waals surface area contributed by atoms with E-state index in [1.807, 2.05) is 12.1 Å². The van der Waals surface area contributed by atoms with Crippen LogP contribution in [0.2, 0.25) is 0 Å². The molecule has 1 saturated heterocycles. The van der Waals surface area contributed by atoms with Gasteiger partial charge in [0.2, 0.25) is 0 Å². The minimum atomic E-state index is -3.71. The highest BCUT2D eigenvalue weighted by Crippen LogP contribution is 2.33. The zero-order chi connectivity index (χ0) is 18.9. The Morgan fingerprint density at radius 1 is 1.07 bits per heavy atom. The summed E-state index contributed by atoms with van der Waals surface area (Å²) in [6.07, 6.45) is 1.24. The van der Waals surface area contributed by atoms with Crippen molar-refractivity contribution in [1.29, 1.82) is 0 Å². The molecule has 2 aromatic carbocycles. The Morgan fingerprint density at radius 2 is 1.81 bits per heavy atom. The first-order chi connectivity index (χ1) is 13.0. The van der Waals surface area contributed by atoms with E-state index in [1.165, 1.54) is 12.1 Å². The quantitative estimate of drug-likeness (QED) is 0.845. The van der Waals surface area contributed by atoms with Gasteiger partial charge in [-0.25, -0.2) is 8.42 Å². The molecule has 144 valence electrons. The van der Waals surface area contributed by atoms with Gasteiger partial charge in [0.15, 0.2) is 11.5 Å². The van der Waals surface area contributed by atoms with Gasteiger partial charge in [-0.1, -0.05) is 0 Å². The van der Waals surface area contributed by atoms with Gasteiger partial charge in [-0.15, -0.1) is 0 Å². The third-order valence-corrected chi connectivity index (χ3v) is 6.17. The van der Waals surface area contributed by atoms with E-state index < -0.39 is 10.0 Å². The number of hydrogen-bond acceptors (Lipinski definition) is 6. The molecule has 0 aliphatic carbocycles. The van der Waals surface area contributed by atoms with E-state index in [4.69, 9.17) is 14.2 Å². The highest BCUT2D eigenvalue weighted by atomic mass is 32.2. The Hall–Kier alpha value is -2.45. The Morgan fingerprint density at radius 3 is 2.52 bits per heavy atom. The number of nitrogens with one attached hydrogen (secondary N) is 1. The van der Waals surface area contributed by atoms with Crippen LogP contribution in [0.4, 0.5) is 11.4 Å². The van der Waals surface area contributed by atoms with Crippen molar-refractivity contribution in [2.45, 2.75) is 17.4 Å². The Labute approximate surface area is 158 Å². The van der Waals surface area contributed by atoms with Crippen molar-refractivity contribution in [1.82, 2.24) is 0 Å². The molecule has 27 heavy (non-hydrogen) atoms. The van der Waals surface area contributed by atoms with Crippen molar-refractivity contribution < 1.29 is 22.6 Å². The zero-order valence-electron chi connectivity index (χ0n) is 15.1. The van der Waals surface area contributed by atoms with Crippen LogP contribution in [0, 0.1) is 0 Å². The first-order valence-corrected chi connectivity index (χ1v) is 10.3. The molecule has 1 atom stereocenters. The maximum absolute atomic E-state index is 12.7. The molecule has 1 N–H and O–H groups in total. The summed E-state index contributed by atoms with van der Waals surface area (Å²) in [5, 5.41) is 0. The minimum Gasteiger partial charge on any atom is -0.486 e. The Kier molecular flexibility index (Phi) is 4.84. The summed E-state index contributed by atoms with van der Waals surface area (Å²) in [5.41, 5.74) is 1.56. The number of nitrogens with zero attached hydrogens (tertiary/aromatic N) is 1. The number of sulfonamides is 1. The van der Waals surface area contributed by atoms with Crippen LogP contribution in [0.15, 0.2) is 47.4 Å². The third-order valence-electron chi connectivity index (χ3n) is 4.79. The average molecular weight is 390 g/mol. The summed E-state index contributed by atoms with van der Waals surface area (Å²) in [6.45, 7) is 2.65. The number of anilines is 2. The normalized spacial score (nSPS) is 19.1. The fraction of sp³-hybridized carbons (Fsp3) is 0.368. The van der Waals surface area contributed by atoms with Crippen LogP contribution in [-0.4, -0.2) is 47.9 Å². The molecule has 0 amide bonds. The Bertz CT molecular complexity index is 914. The van der Waals surface area contributed by atoms with Crippen LogP contribution in [0.25, 0.3) is 0 Å². The van der Waals surface area contributed by atoms with Crippen LogP contribution in [0.1, 0.15) is 6.42 Å². The van der Waals surface area contributed by atoms with Gasteiger partial charge in [-0.05, 0) is 42.8 Å². The van der Waals surface area contributed by atoms with Crippen LogP contribution in [0.3, 0.4) is 0 Å². The summed E-state index contributed by atoms with van der Waals surface area (Å²) in [5.74, 6) is 1.01. The van der Waals surface area contributed by atoms with Gasteiger partial charge in [0.1, 0.15) is 13.2 Å². The van der Waals surface area contributed by atoms with Gasteiger partial charge < -0.3 is 19.1 Å². The summed E-state index contributed by atoms with van der Waals surface area (Å²) < 4.78 is 44.3. The minimum absolute atomic E-state index is 0.137. The number of fused-ring (bicyclic) bond motifs is 1. The van der Waals surface area contributed by atoms with Gasteiger partial charge in [-0.3, -0.25) is 4.72 Å². The first-order valence-electron chi connectivity index (χ1n) is 8.85. The van der Waals surface area contributed by atoms with E-state index in [0.29, 0.717) is 30.4 Å². The molecule has 0 aromatic heterocycles. The molecule has 0 bridgehead atoms. The SMILES string of the molecule is COC1CCN(c2ccc(NS(=O)(=O)c3ccc4c(c3)OCCO4)cc2)C1. The van der Waals surface area contributed by atoms with Crippen molar-refractivity contribution in [3.63, 3.8) is 0 Å². The van der Waals surface area contributed by atoms with Crippen LogP contribution >= 0.6 is 0 Å². The van der Waals surface area contributed by atoms with E-state index in [0.717, 1.165) is 25.2 Å². The van der Waals surface area contributed by atoms with Crippen molar-refractivity contribution in [3.05, 3.63) is 42.5 Å². The topological polar surface area (TPSA) is 77.1 Å². The highest BCUT2D eigenvalue weighted by molar-refractivity contribution is 7.92. The molecular formula is C19H22N2O5S. The van der Waals surface area contributed by atoms with Crippen molar-refractivity contribution in [3.8, 4) is 11.5 Å². The first kappa shape index (κ1) is 17.9. The van der Waals surface area contributed by atoms with E-state index in [9.17, 15) is 8.42 Å². The molecule has 0 saturated carbocycles. The van der Waals surface area contributed by atoms with Crippen molar-refractivity contribution >= 4 is 21.4 Å². The smallest absolute Gasteiger partial charge is 0.262 e. The summed E-state index contributed by atoms with van der Waals surface area (Å²) in [7, 11) is -1.98. The zero-order valence-corrected chi connectivity index (χ0v) is 15.9. The highest BCUT2D eigenvalue weighted by Gasteiger charge is 2.23. The number of rotatable bonds is 5. The van der Waals surface area contributed by atoms with Crippen LogP contribution in [-0.2, 0) is 14.8 Å². The molecule has 2 heterocycles. The summed E-state index contributed by atoms with van der Waals surface area (Å²) in [4.78, 5) is 2.37. The lowest BCUT2D eigenvalue weighted by atomic mass is 10.2. The van der Waals surface area contributed by atoms with E-state index in [2.05, 4.69) is 9.62 Å². The molecule has 7 nitrogen and oxygen atoms in total. The molecular weight excluding hydrogens is 368 g/mol. The maximum Gasteiger partial charge on any atom is 0.262 e. The maximum atomic E-state index is 12.7. The average Bonchev–Trinajstić information content (AvgIpc) is 3.17. The lowest BCUT2D eigenvalue weighted by Crippen LogP contribution is -2.22. The molecule has 0 radical (unpaired) electrons. The van der Waals surface area contributed by atoms with Gasteiger partial charge >= 0.3 is 0 Å². The number of hydrogen-bond donors (Lipinski definition) is 1. The van der Waals surface area contributed by atoms with Crippen LogP contribution in [0.5, 0.6) is 11.5 Å². The lowest BCUT2D eigenvalue weighted by Gasteiger charge is -2.20. The van der Waals surface area contributed by atoms with Gasteiger partial charge in [-0.2, -0.15) is 0 Å². The fourth-order valence-electron chi connectivity index (χ4n) is 3.30. The molecule has 0 spiro atoms. The van der Waals surface area contributed by atoms with Crippen molar-refractivity contribution in [2.24, 2.45) is 0 Å². The molecule has 8 heteroatoms. The predicted octanol–water partition coefficient (Wildman–Crippen LogP) is 2.48. The molecule has 1 fully saturated rings. The standard InChI is InChI=1S/C19H22N2O5S/c1-24-16-8-9-21(13-16)15-4-2-14(3-5-15)20-27(22,23)17-6-7-18-19(12-17)26-11-10-25-18/h2-7,12,16,20H,8-11,13H2,1H3. The van der Waals surface area contributed by atoms with Crippen LogP contribution < -0.4 is 19.1 Å².